The largest absolute Gasteiger partial charge is 0.494 e. The second-order valence-electron chi connectivity index (χ2n) is 1.87. The summed E-state index contributed by atoms with van der Waals surface area (Å²) in [7, 11) is 1.53. The minimum absolute atomic E-state index is 0. The highest BCUT2D eigenvalue weighted by Crippen LogP contribution is 2.31. The van der Waals surface area contributed by atoms with Crippen molar-refractivity contribution in [1.82, 2.24) is 0 Å². The fourth-order valence-corrected chi connectivity index (χ4v) is 1.23. The maximum Gasteiger partial charge on any atom is 0.482 e. The van der Waals surface area contributed by atoms with Gasteiger partial charge in [-0.2, -0.15) is 0 Å². The molecule has 0 amide bonds. The molecule has 71 valence electrons. The number of methoxy groups -OCH3 is 1. The zero-order chi connectivity index (χ0) is 10.3. The molecule has 0 aliphatic carbocycles. The van der Waals surface area contributed by atoms with Gasteiger partial charge in [0.1, 0.15) is 0 Å². The third-order valence-corrected chi connectivity index (χ3v) is 1.72. The molecule has 0 aromatic heterocycles. The van der Waals surface area contributed by atoms with Crippen LogP contribution in [0, 0.1) is 0 Å². The van der Waals surface area contributed by atoms with Gasteiger partial charge in [-0.3, -0.25) is 0 Å². The molecule has 13 heavy (non-hydrogen) atoms. The van der Waals surface area contributed by atoms with Crippen LogP contribution in [0.1, 0.15) is 0 Å². The summed E-state index contributed by atoms with van der Waals surface area (Å²) in [5.74, 6) is 0.533. The van der Waals surface area contributed by atoms with E-state index in [0.717, 1.165) is 0 Å². The fourth-order valence-electron chi connectivity index (χ4n) is 0.678. The molecule has 0 saturated heterocycles. The normalized spacial score (nSPS) is 8.38. The molecule has 0 fully saturated rings. The smallest absolute Gasteiger partial charge is 0.482 e. The molecule has 1 rings (SSSR count). The van der Waals surface area contributed by atoms with Gasteiger partial charge in [0, 0.05) is 0 Å². The van der Waals surface area contributed by atoms with Crippen LogP contribution in [0.4, 0.5) is 0 Å². The van der Waals surface area contributed by atoms with Crippen molar-refractivity contribution < 1.29 is 14.8 Å². The second-order valence-corrected chi connectivity index (χ2v) is 2.68. The first kappa shape index (κ1) is 12.6. The number of hydrogen-bond acceptors (Lipinski definition) is 3. The van der Waals surface area contributed by atoms with Crippen LogP contribution in [0.25, 0.3) is 0 Å². The number of hydrogen-bond donors (Lipinski definition) is 2. The highest BCUT2D eigenvalue weighted by Gasteiger charge is 2.02. The zero-order valence-electron chi connectivity index (χ0n) is 6.87. The summed E-state index contributed by atoms with van der Waals surface area (Å²) < 4.78 is 4.91. The van der Waals surface area contributed by atoms with Crippen LogP contribution in [0.5, 0.6) is 5.75 Å². The SMILES string of the molecule is COc1c(Cl)cccc1Cl.O[B]O. The third-order valence-electron chi connectivity index (χ3n) is 1.12. The summed E-state index contributed by atoms with van der Waals surface area (Å²) in [5.41, 5.74) is 0. The van der Waals surface area contributed by atoms with Crippen LogP contribution in [-0.4, -0.2) is 24.8 Å². The summed E-state index contributed by atoms with van der Waals surface area (Å²) in [5, 5.41) is 15.1. The molecule has 0 aliphatic heterocycles. The maximum absolute atomic E-state index is 7.00. The van der Waals surface area contributed by atoms with Gasteiger partial charge in [0.25, 0.3) is 0 Å². The molecule has 0 spiro atoms. The number of ether oxygens (including phenoxy) is 1. The lowest BCUT2D eigenvalue weighted by molar-refractivity contribution is 0.415. The molecule has 1 aromatic carbocycles. The lowest BCUT2D eigenvalue weighted by atomic mass is 10.3. The Labute approximate surface area is 87.2 Å². The van der Waals surface area contributed by atoms with Crippen LogP contribution in [0.15, 0.2) is 18.2 Å². The minimum Gasteiger partial charge on any atom is -0.494 e. The monoisotopic (exact) mass is 221 g/mol. The molecule has 0 atom stereocenters. The van der Waals surface area contributed by atoms with E-state index in [0.29, 0.717) is 15.8 Å². The molecule has 1 radical (unpaired) electrons. The van der Waals surface area contributed by atoms with Gasteiger partial charge < -0.3 is 14.8 Å². The molecular formula is C7H8BCl2O3. The Morgan fingerprint density at radius 2 is 1.62 bits per heavy atom. The predicted octanol–water partition coefficient (Wildman–Crippen LogP) is 1.51. The number of rotatable bonds is 1. The van der Waals surface area contributed by atoms with E-state index in [1.165, 1.54) is 7.11 Å². The highest BCUT2D eigenvalue weighted by molar-refractivity contribution is 6.37. The quantitative estimate of drug-likeness (QED) is 0.707. The standard InChI is InChI=1S/C7H6Cl2O.BH2O2/c1-10-7-5(8)3-2-4-6(7)9;2-1-3/h2-4H,1H3;2-3H. The maximum atomic E-state index is 7.00. The first-order chi connectivity index (χ1) is 6.17. The molecule has 0 bridgehead atoms. The number of para-hydroxylation sites is 1. The van der Waals surface area contributed by atoms with Crippen LogP contribution in [0.2, 0.25) is 10.0 Å². The molecule has 1 aromatic rings. The van der Waals surface area contributed by atoms with Crippen molar-refractivity contribution in [3.05, 3.63) is 28.2 Å². The van der Waals surface area contributed by atoms with Crippen molar-refractivity contribution in [2.75, 3.05) is 7.11 Å². The number of benzene rings is 1. The summed E-state index contributed by atoms with van der Waals surface area (Å²) >= 11 is 11.4. The fraction of sp³-hybridized carbons (Fsp3) is 0.143. The van der Waals surface area contributed by atoms with E-state index in [1.807, 2.05) is 0 Å². The summed E-state index contributed by atoms with van der Waals surface area (Å²) in [6.45, 7) is 0. The van der Waals surface area contributed by atoms with E-state index >= 15 is 0 Å². The molecular weight excluding hydrogens is 214 g/mol. The number of halogens is 2. The minimum atomic E-state index is 0. The molecule has 0 unspecified atom stereocenters. The average molecular weight is 222 g/mol. The van der Waals surface area contributed by atoms with Gasteiger partial charge in [-0.1, -0.05) is 29.3 Å². The predicted molar refractivity (Wildman–Crippen MR) is 53.2 cm³/mol. The van der Waals surface area contributed by atoms with Crippen molar-refractivity contribution in [3.63, 3.8) is 0 Å². The van der Waals surface area contributed by atoms with Crippen LogP contribution >= 0.6 is 23.2 Å². The van der Waals surface area contributed by atoms with Crippen LogP contribution < -0.4 is 4.74 Å². The topological polar surface area (TPSA) is 49.7 Å². The van der Waals surface area contributed by atoms with E-state index in [-0.39, 0.29) is 7.69 Å². The van der Waals surface area contributed by atoms with Crippen LogP contribution in [-0.2, 0) is 0 Å². The lowest BCUT2D eigenvalue weighted by Gasteiger charge is -2.02. The first-order valence-corrected chi connectivity index (χ1v) is 4.01. The van der Waals surface area contributed by atoms with E-state index < -0.39 is 0 Å². The molecule has 0 heterocycles. The van der Waals surface area contributed by atoms with Crippen LogP contribution in [0.3, 0.4) is 0 Å². The van der Waals surface area contributed by atoms with Gasteiger partial charge in [-0.25, -0.2) is 0 Å². The average Bonchev–Trinajstić information content (AvgIpc) is 2.06. The Kier molecular flexibility index (Phi) is 6.81. The summed E-state index contributed by atoms with van der Waals surface area (Å²) in [4.78, 5) is 0. The molecule has 0 saturated carbocycles. The Balaban J connectivity index is 0.000000424. The molecule has 2 N–H and O–H groups in total. The van der Waals surface area contributed by atoms with E-state index in [1.54, 1.807) is 18.2 Å². The molecule has 0 aliphatic rings. The zero-order valence-corrected chi connectivity index (χ0v) is 8.38. The van der Waals surface area contributed by atoms with E-state index in [4.69, 9.17) is 38.0 Å². The Morgan fingerprint density at radius 1 is 1.23 bits per heavy atom. The third kappa shape index (κ3) is 4.38. The van der Waals surface area contributed by atoms with E-state index in [2.05, 4.69) is 0 Å². The Morgan fingerprint density at radius 3 is 1.85 bits per heavy atom. The highest BCUT2D eigenvalue weighted by atomic mass is 35.5. The Hall–Kier alpha value is -0.415. The molecule has 3 nitrogen and oxygen atoms in total. The summed E-state index contributed by atoms with van der Waals surface area (Å²) in [6.07, 6.45) is 0. The lowest BCUT2D eigenvalue weighted by Crippen LogP contribution is -1.83. The van der Waals surface area contributed by atoms with Gasteiger partial charge in [0.15, 0.2) is 5.75 Å². The van der Waals surface area contributed by atoms with Crippen molar-refractivity contribution in [2.45, 2.75) is 0 Å². The van der Waals surface area contributed by atoms with Crippen molar-refractivity contribution >= 4 is 30.9 Å². The molecule has 6 heteroatoms. The summed E-state index contributed by atoms with van der Waals surface area (Å²) in [6, 6.07) is 5.23. The van der Waals surface area contributed by atoms with Crippen molar-refractivity contribution in [1.29, 1.82) is 0 Å². The second kappa shape index (κ2) is 7.03. The van der Waals surface area contributed by atoms with Gasteiger partial charge in [0.2, 0.25) is 0 Å². The Bertz CT molecular complexity index is 237. The van der Waals surface area contributed by atoms with Gasteiger partial charge >= 0.3 is 7.69 Å². The first-order valence-electron chi connectivity index (χ1n) is 3.25. The van der Waals surface area contributed by atoms with Gasteiger partial charge in [-0.05, 0) is 12.1 Å². The van der Waals surface area contributed by atoms with E-state index in [9.17, 15) is 0 Å². The van der Waals surface area contributed by atoms with Gasteiger partial charge in [-0.15, -0.1) is 0 Å². The van der Waals surface area contributed by atoms with Crippen molar-refractivity contribution in [3.8, 4) is 5.75 Å². The van der Waals surface area contributed by atoms with Crippen molar-refractivity contribution in [2.24, 2.45) is 0 Å². The van der Waals surface area contributed by atoms with Gasteiger partial charge in [0.05, 0.1) is 17.2 Å².